The number of hydrogen-bond acceptors (Lipinski definition) is 5. The maximum Gasteiger partial charge on any atom is 0.274 e. The van der Waals surface area contributed by atoms with Crippen molar-refractivity contribution in [3.05, 3.63) is 62.6 Å². The predicted molar refractivity (Wildman–Crippen MR) is 109 cm³/mol. The van der Waals surface area contributed by atoms with Crippen LogP contribution < -0.4 is 16.1 Å². The fourth-order valence-corrected chi connectivity index (χ4v) is 3.69. The van der Waals surface area contributed by atoms with Crippen LogP contribution in [-0.2, 0) is 13.1 Å². The fraction of sp³-hybridized carbons (Fsp3) is 0.381. The van der Waals surface area contributed by atoms with Crippen LogP contribution in [-0.4, -0.2) is 47.0 Å². The number of amides is 2. The normalized spacial score (nSPS) is 14.9. The maximum absolute atomic E-state index is 13.9. The SMILES string of the molecule is CCN(C)C(=O)c1c(O)c(=O)c(C(=O)NCc2ccc(F)cc2F)c2n1CC[C@@H]2NC. The molecule has 0 saturated carbocycles. The molecule has 1 atom stereocenters. The Morgan fingerprint density at radius 2 is 2.03 bits per heavy atom. The van der Waals surface area contributed by atoms with E-state index in [2.05, 4.69) is 10.6 Å². The first-order chi connectivity index (χ1) is 14.7. The summed E-state index contributed by atoms with van der Waals surface area (Å²) in [6.45, 7) is 2.15. The summed E-state index contributed by atoms with van der Waals surface area (Å²) >= 11 is 0. The molecule has 0 aliphatic carbocycles. The second-order valence-electron chi connectivity index (χ2n) is 7.31. The van der Waals surface area contributed by atoms with Crippen molar-refractivity contribution in [1.82, 2.24) is 20.1 Å². The third-order valence-electron chi connectivity index (χ3n) is 5.51. The second-order valence-corrected chi connectivity index (χ2v) is 7.31. The predicted octanol–water partition coefficient (Wildman–Crippen LogP) is 1.52. The summed E-state index contributed by atoms with van der Waals surface area (Å²) in [6.07, 6.45) is 0.502. The number of halogens is 2. The average Bonchev–Trinajstić information content (AvgIpc) is 3.16. The second kappa shape index (κ2) is 8.84. The molecule has 0 fully saturated rings. The van der Waals surface area contributed by atoms with E-state index in [0.29, 0.717) is 25.6 Å². The molecule has 166 valence electrons. The van der Waals surface area contributed by atoms with Crippen molar-refractivity contribution in [2.24, 2.45) is 0 Å². The Morgan fingerprint density at radius 1 is 1.32 bits per heavy atom. The lowest BCUT2D eigenvalue weighted by Crippen LogP contribution is -2.36. The number of hydrogen-bond donors (Lipinski definition) is 3. The van der Waals surface area contributed by atoms with Gasteiger partial charge < -0.3 is 25.2 Å². The molecule has 2 aromatic rings. The highest BCUT2D eigenvalue weighted by molar-refractivity contribution is 5.99. The molecule has 1 aromatic carbocycles. The van der Waals surface area contributed by atoms with Crippen molar-refractivity contribution in [3.63, 3.8) is 0 Å². The highest BCUT2D eigenvalue weighted by Gasteiger charge is 2.36. The minimum Gasteiger partial charge on any atom is -0.503 e. The number of pyridine rings is 1. The number of carbonyl (C=O) groups is 2. The maximum atomic E-state index is 13.9. The summed E-state index contributed by atoms with van der Waals surface area (Å²) in [5.74, 6) is -3.73. The van der Waals surface area contributed by atoms with Crippen molar-refractivity contribution >= 4 is 11.8 Å². The molecule has 1 aromatic heterocycles. The third kappa shape index (κ3) is 4.02. The molecule has 0 unspecified atom stereocenters. The van der Waals surface area contributed by atoms with Crippen molar-refractivity contribution in [1.29, 1.82) is 0 Å². The fourth-order valence-electron chi connectivity index (χ4n) is 3.69. The standard InChI is InChI=1S/C21H24F2N4O4/c1-4-26(3)21(31)17-19(29)18(28)15(16-14(24-2)7-8-27(16)17)20(30)25-10-11-5-6-12(22)9-13(11)23/h5-6,9,14,24,29H,4,7-8,10H2,1-3H3,(H,25,30)/t14-/m0/s1. The number of rotatable bonds is 6. The summed E-state index contributed by atoms with van der Waals surface area (Å²) in [5.41, 5.74) is -1.12. The van der Waals surface area contributed by atoms with Gasteiger partial charge in [0.05, 0.1) is 5.69 Å². The Kier molecular flexibility index (Phi) is 6.40. The van der Waals surface area contributed by atoms with Gasteiger partial charge >= 0.3 is 0 Å². The summed E-state index contributed by atoms with van der Waals surface area (Å²) in [4.78, 5) is 40.0. The highest BCUT2D eigenvalue weighted by Crippen LogP contribution is 2.32. The van der Waals surface area contributed by atoms with Gasteiger partial charge in [0.15, 0.2) is 11.4 Å². The third-order valence-corrected chi connectivity index (χ3v) is 5.51. The summed E-state index contributed by atoms with van der Waals surface area (Å²) < 4.78 is 28.5. The van der Waals surface area contributed by atoms with Crippen LogP contribution in [0, 0.1) is 11.6 Å². The lowest BCUT2D eigenvalue weighted by molar-refractivity contribution is 0.0785. The molecule has 2 amide bonds. The first-order valence-electron chi connectivity index (χ1n) is 9.85. The summed E-state index contributed by atoms with van der Waals surface area (Å²) in [5, 5.41) is 16.0. The first-order valence-corrected chi connectivity index (χ1v) is 9.85. The van der Waals surface area contributed by atoms with Gasteiger partial charge in [-0.05, 0) is 26.5 Å². The van der Waals surface area contributed by atoms with Crippen LogP contribution in [0.4, 0.5) is 8.78 Å². The van der Waals surface area contributed by atoms with E-state index < -0.39 is 40.7 Å². The van der Waals surface area contributed by atoms with Crippen molar-refractivity contribution < 1.29 is 23.5 Å². The first kappa shape index (κ1) is 22.4. The Bertz CT molecular complexity index is 1100. The number of carbonyl (C=O) groups excluding carboxylic acids is 2. The van der Waals surface area contributed by atoms with E-state index >= 15 is 0 Å². The molecule has 0 spiro atoms. The van der Waals surface area contributed by atoms with Gasteiger partial charge in [-0.15, -0.1) is 0 Å². The molecule has 3 rings (SSSR count). The monoisotopic (exact) mass is 434 g/mol. The highest BCUT2D eigenvalue weighted by atomic mass is 19.1. The zero-order valence-electron chi connectivity index (χ0n) is 17.5. The Labute approximate surface area is 177 Å². The van der Waals surface area contributed by atoms with Crippen LogP contribution in [0.3, 0.4) is 0 Å². The number of aromatic nitrogens is 1. The molecule has 8 nitrogen and oxygen atoms in total. The number of benzene rings is 1. The van der Waals surface area contributed by atoms with Crippen LogP contribution in [0.15, 0.2) is 23.0 Å². The Balaban J connectivity index is 2.05. The van der Waals surface area contributed by atoms with Gasteiger partial charge in [-0.3, -0.25) is 14.4 Å². The van der Waals surface area contributed by atoms with Crippen LogP contribution in [0.25, 0.3) is 0 Å². The lowest BCUT2D eigenvalue weighted by Gasteiger charge is -2.22. The minimum absolute atomic E-state index is 0.0391. The van der Waals surface area contributed by atoms with Gasteiger partial charge in [-0.1, -0.05) is 6.07 Å². The lowest BCUT2D eigenvalue weighted by atomic mass is 10.0. The van der Waals surface area contributed by atoms with Crippen LogP contribution in [0.5, 0.6) is 5.75 Å². The van der Waals surface area contributed by atoms with Crippen molar-refractivity contribution in [2.45, 2.75) is 32.5 Å². The molecule has 0 saturated heterocycles. The smallest absolute Gasteiger partial charge is 0.274 e. The topological polar surface area (TPSA) is 104 Å². The van der Waals surface area contributed by atoms with Gasteiger partial charge in [0.25, 0.3) is 11.8 Å². The minimum atomic E-state index is -0.974. The number of nitrogens with one attached hydrogen (secondary N) is 2. The molecule has 1 aliphatic heterocycles. The van der Waals surface area contributed by atoms with Gasteiger partial charge in [-0.25, -0.2) is 8.78 Å². The Morgan fingerprint density at radius 3 is 2.65 bits per heavy atom. The number of nitrogens with zero attached hydrogens (tertiary/aromatic N) is 2. The molecular weight excluding hydrogens is 410 g/mol. The van der Waals surface area contributed by atoms with E-state index in [0.717, 1.165) is 6.07 Å². The summed E-state index contributed by atoms with van der Waals surface area (Å²) in [6, 6.07) is 2.56. The average molecular weight is 434 g/mol. The number of aromatic hydroxyl groups is 1. The van der Waals surface area contributed by atoms with Crippen LogP contribution in [0.1, 0.15) is 51.5 Å². The van der Waals surface area contributed by atoms with Gasteiger partial charge in [-0.2, -0.15) is 0 Å². The Hall–Kier alpha value is -3.27. The number of fused-ring (bicyclic) bond motifs is 1. The molecule has 0 bridgehead atoms. The van der Waals surface area contributed by atoms with Crippen molar-refractivity contribution in [3.8, 4) is 5.75 Å². The van der Waals surface area contributed by atoms with E-state index in [1.54, 1.807) is 21.0 Å². The van der Waals surface area contributed by atoms with E-state index in [-0.39, 0.29) is 29.1 Å². The van der Waals surface area contributed by atoms with Gasteiger partial charge in [0.1, 0.15) is 17.2 Å². The summed E-state index contributed by atoms with van der Waals surface area (Å²) in [7, 11) is 3.20. The van der Waals surface area contributed by atoms with E-state index in [9.17, 15) is 28.3 Å². The van der Waals surface area contributed by atoms with Gasteiger partial charge in [0.2, 0.25) is 5.43 Å². The van der Waals surface area contributed by atoms with Crippen LogP contribution >= 0.6 is 0 Å². The molecule has 1 aliphatic rings. The molecular formula is C21H24F2N4O4. The zero-order chi connectivity index (χ0) is 22.9. The largest absolute Gasteiger partial charge is 0.503 e. The van der Waals surface area contributed by atoms with E-state index in [1.165, 1.54) is 15.5 Å². The van der Waals surface area contributed by atoms with E-state index in [4.69, 9.17) is 0 Å². The van der Waals surface area contributed by atoms with Gasteiger partial charge in [0, 0.05) is 44.4 Å². The van der Waals surface area contributed by atoms with E-state index in [1.807, 2.05) is 0 Å². The molecule has 3 N–H and O–H groups in total. The molecule has 2 heterocycles. The quantitative estimate of drug-likeness (QED) is 0.640. The van der Waals surface area contributed by atoms with Crippen LogP contribution in [0.2, 0.25) is 0 Å². The zero-order valence-corrected chi connectivity index (χ0v) is 17.5. The molecule has 10 heteroatoms. The van der Waals surface area contributed by atoms with Crippen molar-refractivity contribution in [2.75, 3.05) is 20.6 Å². The molecule has 0 radical (unpaired) electrons. The molecule has 31 heavy (non-hydrogen) atoms.